The summed E-state index contributed by atoms with van der Waals surface area (Å²) in [5.41, 5.74) is 1.47. The van der Waals surface area contributed by atoms with Gasteiger partial charge in [0.25, 0.3) is 0 Å². The predicted molar refractivity (Wildman–Crippen MR) is 82.7 cm³/mol. The Kier molecular flexibility index (Phi) is 3.91. The number of aryl methyl sites for hydroxylation is 1. The molecule has 0 amide bonds. The number of rotatable bonds is 3. The van der Waals surface area contributed by atoms with E-state index < -0.39 is 0 Å². The molecule has 0 saturated carbocycles. The van der Waals surface area contributed by atoms with Gasteiger partial charge in [-0.1, -0.05) is 17.7 Å². The van der Waals surface area contributed by atoms with Crippen molar-refractivity contribution < 1.29 is 14.0 Å². The fraction of sp³-hybridized carbons (Fsp3) is 0.625. The van der Waals surface area contributed by atoms with E-state index in [0.717, 1.165) is 11.2 Å². The standard InChI is InChI=1S/C16H25BO3/c1-11(2)18-14-9-8-12(3)10-13(14)17-19-15(4,5)16(6,7)20-17/h8-11H,1-7H3. The first-order valence-corrected chi connectivity index (χ1v) is 7.25. The summed E-state index contributed by atoms with van der Waals surface area (Å²) in [6, 6.07) is 6.13. The summed E-state index contributed by atoms with van der Waals surface area (Å²) in [4.78, 5) is 0. The zero-order chi connectivity index (χ0) is 15.1. The summed E-state index contributed by atoms with van der Waals surface area (Å²) >= 11 is 0. The van der Waals surface area contributed by atoms with Crippen LogP contribution in [0.25, 0.3) is 0 Å². The van der Waals surface area contributed by atoms with Crippen molar-refractivity contribution in [2.45, 2.75) is 65.8 Å². The third-order valence-electron chi connectivity index (χ3n) is 4.04. The van der Waals surface area contributed by atoms with Crippen LogP contribution >= 0.6 is 0 Å². The second-order valence-corrected chi connectivity index (χ2v) is 6.80. The Morgan fingerprint density at radius 2 is 1.60 bits per heavy atom. The van der Waals surface area contributed by atoms with Gasteiger partial charge in [0.2, 0.25) is 0 Å². The van der Waals surface area contributed by atoms with E-state index in [1.807, 2.05) is 26.0 Å². The van der Waals surface area contributed by atoms with Gasteiger partial charge in [-0.2, -0.15) is 0 Å². The molecule has 3 nitrogen and oxygen atoms in total. The summed E-state index contributed by atoms with van der Waals surface area (Å²) in [5.74, 6) is 0.837. The minimum atomic E-state index is -0.381. The molecule has 1 aromatic carbocycles. The Bertz CT molecular complexity index is 478. The highest BCUT2D eigenvalue weighted by molar-refractivity contribution is 6.63. The molecule has 1 fully saturated rings. The molecule has 1 aliphatic rings. The maximum absolute atomic E-state index is 6.13. The maximum Gasteiger partial charge on any atom is 0.498 e. The summed E-state index contributed by atoms with van der Waals surface area (Å²) in [6.07, 6.45) is 0.124. The van der Waals surface area contributed by atoms with E-state index in [1.165, 1.54) is 5.56 Å². The second-order valence-electron chi connectivity index (χ2n) is 6.80. The van der Waals surface area contributed by atoms with Gasteiger partial charge >= 0.3 is 7.12 Å². The van der Waals surface area contributed by atoms with Gasteiger partial charge in [-0.15, -0.1) is 0 Å². The van der Waals surface area contributed by atoms with E-state index in [9.17, 15) is 0 Å². The molecule has 2 rings (SSSR count). The van der Waals surface area contributed by atoms with Crippen molar-refractivity contribution in [3.05, 3.63) is 23.8 Å². The molecule has 1 heterocycles. The van der Waals surface area contributed by atoms with Gasteiger partial charge in [-0.25, -0.2) is 0 Å². The van der Waals surface area contributed by atoms with Crippen LogP contribution in [-0.4, -0.2) is 24.4 Å². The summed E-state index contributed by atoms with van der Waals surface area (Å²) < 4.78 is 18.1. The number of benzene rings is 1. The number of hydrogen-bond donors (Lipinski definition) is 0. The van der Waals surface area contributed by atoms with Gasteiger partial charge in [0.1, 0.15) is 5.75 Å². The van der Waals surface area contributed by atoms with Crippen LogP contribution in [0.2, 0.25) is 0 Å². The lowest BCUT2D eigenvalue weighted by atomic mass is 9.77. The molecule has 0 bridgehead atoms. The summed E-state index contributed by atoms with van der Waals surface area (Å²) in [5, 5.41) is 0. The molecular weight excluding hydrogens is 251 g/mol. The lowest BCUT2D eigenvalue weighted by Gasteiger charge is -2.32. The van der Waals surface area contributed by atoms with Crippen LogP contribution in [0.3, 0.4) is 0 Å². The number of hydrogen-bond acceptors (Lipinski definition) is 3. The highest BCUT2D eigenvalue weighted by atomic mass is 16.7. The van der Waals surface area contributed by atoms with Crippen LogP contribution in [0.5, 0.6) is 5.75 Å². The largest absolute Gasteiger partial charge is 0.498 e. The summed E-state index contributed by atoms with van der Waals surface area (Å²) in [7, 11) is -0.381. The van der Waals surface area contributed by atoms with Gasteiger partial charge < -0.3 is 14.0 Å². The van der Waals surface area contributed by atoms with E-state index in [0.29, 0.717) is 0 Å². The van der Waals surface area contributed by atoms with E-state index in [1.54, 1.807) is 0 Å². The van der Waals surface area contributed by atoms with Crippen molar-refractivity contribution in [3.8, 4) is 5.75 Å². The molecule has 0 unspecified atom stereocenters. The molecule has 0 radical (unpaired) electrons. The smallest absolute Gasteiger partial charge is 0.491 e. The average Bonchev–Trinajstić information content (AvgIpc) is 2.50. The van der Waals surface area contributed by atoms with Crippen molar-refractivity contribution in [1.29, 1.82) is 0 Å². The highest BCUT2D eigenvalue weighted by Gasteiger charge is 2.52. The summed E-state index contributed by atoms with van der Waals surface area (Å²) in [6.45, 7) is 14.4. The maximum atomic E-state index is 6.13. The normalized spacial score (nSPS) is 20.5. The topological polar surface area (TPSA) is 27.7 Å². The third kappa shape index (κ3) is 2.86. The Morgan fingerprint density at radius 1 is 1.05 bits per heavy atom. The first kappa shape index (κ1) is 15.4. The molecule has 0 spiro atoms. The predicted octanol–water partition coefficient (Wildman–Crippen LogP) is 3.08. The molecular formula is C16H25BO3. The van der Waals surface area contributed by atoms with Gasteiger partial charge in [0, 0.05) is 5.46 Å². The van der Waals surface area contributed by atoms with Crippen LogP contribution in [0.15, 0.2) is 18.2 Å². The minimum Gasteiger partial charge on any atom is -0.491 e. The molecule has 4 heteroatoms. The average molecular weight is 276 g/mol. The first-order valence-electron chi connectivity index (χ1n) is 7.25. The van der Waals surface area contributed by atoms with Crippen LogP contribution in [0, 0.1) is 6.92 Å². The Labute approximate surface area is 122 Å². The zero-order valence-corrected chi connectivity index (χ0v) is 13.6. The second kappa shape index (κ2) is 5.08. The molecule has 1 aliphatic heterocycles. The molecule has 1 saturated heterocycles. The van der Waals surface area contributed by atoms with Crippen LogP contribution < -0.4 is 10.2 Å². The lowest BCUT2D eigenvalue weighted by molar-refractivity contribution is 0.00578. The monoisotopic (exact) mass is 276 g/mol. The zero-order valence-electron chi connectivity index (χ0n) is 13.6. The number of ether oxygens (including phenoxy) is 1. The third-order valence-corrected chi connectivity index (χ3v) is 4.04. The van der Waals surface area contributed by atoms with E-state index in [-0.39, 0.29) is 24.4 Å². The Morgan fingerprint density at radius 3 is 2.10 bits per heavy atom. The van der Waals surface area contributed by atoms with Crippen molar-refractivity contribution >= 4 is 12.6 Å². The molecule has 0 aromatic heterocycles. The van der Waals surface area contributed by atoms with Crippen LogP contribution in [0.1, 0.15) is 47.1 Å². The molecule has 1 aromatic rings. The molecule has 0 N–H and O–H groups in total. The van der Waals surface area contributed by atoms with Crippen LogP contribution in [-0.2, 0) is 9.31 Å². The molecule has 0 aliphatic carbocycles. The lowest BCUT2D eigenvalue weighted by Crippen LogP contribution is -2.41. The van der Waals surface area contributed by atoms with Crippen molar-refractivity contribution in [3.63, 3.8) is 0 Å². The van der Waals surface area contributed by atoms with Gasteiger partial charge in [-0.05, 0) is 54.5 Å². The Balaban J connectivity index is 2.36. The van der Waals surface area contributed by atoms with Gasteiger partial charge in [0.15, 0.2) is 0 Å². The van der Waals surface area contributed by atoms with E-state index >= 15 is 0 Å². The van der Waals surface area contributed by atoms with Gasteiger partial charge in [-0.3, -0.25) is 0 Å². The fourth-order valence-corrected chi connectivity index (χ4v) is 2.18. The van der Waals surface area contributed by atoms with Crippen molar-refractivity contribution in [2.75, 3.05) is 0 Å². The SMILES string of the molecule is Cc1ccc(OC(C)C)c(B2OC(C)(C)C(C)(C)O2)c1. The Hall–Kier alpha value is -0.995. The van der Waals surface area contributed by atoms with Crippen molar-refractivity contribution in [1.82, 2.24) is 0 Å². The van der Waals surface area contributed by atoms with Crippen molar-refractivity contribution in [2.24, 2.45) is 0 Å². The van der Waals surface area contributed by atoms with Gasteiger partial charge in [0.05, 0.1) is 17.3 Å². The fourth-order valence-electron chi connectivity index (χ4n) is 2.18. The van der Waals surface area contributed by atoms with Crippen LogP contribution in [0.4, 0.5) is 0 Å². The quantitative estimate of drug-likeness (QED) is 0.794. The minimum absolute atomic E-state index is 0.124. The molecule has 110 valence electrons. The highest BCUT2D eigenvalue weighted by Crippen LogP contribution is 2.37. The van der Waals surface area contributed by atoms with E-state index in [2.05, 4.69) is 40.7 Å². The first-order chi connectivity index (χ1) is 9.12. The molecule has 0 atom stereocenters. The molecule has 20 heavy (non-hydrogen) atoms. The van der Waals surface area contributed by atoms with E-state index in [4.69, 9.17) is 14.0 Å².